The molecule has 2 aromatic rings. The fourth-order valence-electron chi connectivity index (χ4n) is 1.77. The van der Waals surface area contributed by atoms with Crippen LogP contribution in [0.2, 0.25) is 0 Å². The molecule has 6 nitrogen and oxygen atoms in total. The van der Waals surface area contributed by atoms with Crippen LogP contribution < -0.4 is 10.6 Å². The number of rotatable bonds is 5. The molecule has 0 saturated heterocycles. The summed E-state index contributed by atoms with van der Waals surface area (Å²) in [6, 6.07) is 9.52. The fraction of sp³-hybridized carbons (Fsp3) is 0.312. The molecule has 22 heavy (non-hydrogen) atoms. The molecule has 0 spiro atoms. The first-order chi connectivity index (χ1) is 10.5. The topological polar surface area (TPSA) is 76.1 Å². The second kappa shape index (κ2) is 7.40. The Balaban J connectivity index is 1.89. The van der Waals surface area contributed by atoms with Crippen LogP contribution in [0.5, 0.6) is 0 Å². The molecule has 1 aromatic carbocycles. The number of nitrogens with one attached hydrogen (secondary N) is 2. The normalized spacial score (nSPS) is 10.4. The van der Waals surface area contributed by atoms with Gasteiger partial charge in [0.2, 0.25) is 5.95 Å². The number of aromatic nitrogens is 2. The fourth-order valence-corrected chi connectivity index (χ4v) is 1.77. The number of hydrogen-bond donors (Lipinski definition) is 2. The van der Waals surface area contributed by atoms with Crippen LogP contribution in [-0.4, -0.2) is 22.2 Å². The van der Waals surface area contributed by atoms with Gasteiger partial charge in [0.15, 0.2) is 0 Å². The molecular weight excluding hydrogens is 280 g/mol. The first kappa shape index (κ1) is 15.8. The van der Waals surface area contributed by atoms with Crippen LogP contribution in [0.15, 0.2) is 36.5 Å². The summed E-state index contributed by atoms with van der Waals surface area (Å²) in [5, 5.41) is 5.83. The lowest BCUT2D eigenvalue weighted by Gasteiger charge is -2.10. The number of aryl methyl sites for hydroxylation is 1. The Hall–Kier alpha value is -2.63. The summed E-state index contributed by atoms with van der Waals surface area (Å²) < 4.78 is 5.01. The van der Waals surface area contributed by atoms with E-state index in [2.05, 4.69) is 20.6 Å². The third kappa shape index (κ3) is 5.05. The maximum Gasteiger partial charge on any atom is 0.407 e. The minimum absolute atomic E-state index is 0.124. The predicted molar refractivity (Wildman–Crippen MR) is 85.0 cm³/mol. The zero-order valence-corrected chi connectivity index (χ0v) is 13.0. The molecule has 1 amide bonds. The number of nitrogens with zero attached hydrogens (tertiary/aromatic N) is 2. The molecule has 1 aromatic heterocycles. The Morgan fingerprint density at radius 2 is 1.95 bits per heavy atom. The molecule has 0 aliphatic rings. The van der Waals surface area contributed by atoms with E-state index in [0.29, 0.717) is 12.5 Å². The molecular formula is C16H20N4O2. The van der Waals surface area contributed by atoms with Gasteiger partial charge in [-0.15, -0.1) is 0 Å². The highest BCUT2D eigenvalue weighted by Gasteiger charge is 2.04. The van der Waals surface area contributed by atoms with Gasteiger partial charge in [-0.1, -0.05) is 12.1 Å². The molecule has 0 bridgehead atoms. The van der Waals surface area contributed by atoms with Crippen molar-refractivity contribution in [1.29, 1.82) is 0 Å². The molecule has 0 fully saturated rings. The van der Waals surface area contributed by atoms with E-state index in [9.17, 15) is 4.79 Å². The highest BCUT2D eigenvalue weighted by Crippen LogP contribution is 2.14. The highest BCUT2D eigenvalue weighted by molar-refractivity contribution is 5.67. The average Bonchev–Trinajstić information content (AvgIpc) is 2.46. The summed E-state index contributed by atoms with van der Waals surface area (Å²) in [5.74, 6) is 0.561. The van der Waals surface area contributed by atoms with Crippen molar-refractivity contribution < 1.29 is 9.53 Å². The molecule has 116 valence electrons. The molecule has 0 atom stereocenters. The van der Waals surface area contributed by atoms with E-state index >= 15 is 0 Å². The van der Waals surface area contributed by atoms with Crippen molar-refractivity contribution in [1.82, 2.24) is 15.3 Å². The van der Waals surface area contributed by atoms with Crippen LogP contribution in [0.4, 0.5) is 16.4 Å². The zero-order valence-electron chi connectivity index (χ0n) is 13.0. The van der Waals surface area contributed by atoms with Gasteiger partial charge in [0, 0.05) is 24.1 Å². The van der Waals surface area contributed by atoms with Crippen molar-refractivity contribution in [3.8, 4) is 0 Å². The monoisotopic (exact) mass is 300 g/mol. The van der Waals surface area contributed by atoms with E-state index in [1.165, 1.54) is 0 Å². The molecule has 0 unspecified atom stereocenters. The van der Waals surface area contributed by atoms with E-state index < -0.39 is 6.09 Å². The van der Waals surface area contributed by atoms with Gasteiger partial charge in [0.1, 0.15) is 0 Å². The minimum atomic E-state index is -0.412. The molecule has 2 rings (SSSR count). The quantitative estimate of drug-likeness (QED) is 0.887. The van der Waals surface area contributed by atoms with Gasteiger partial charge >= 0.3 is 6.09 Å². The van der Waals surface area contributed by atoms with Crippen molar-refractivity contribution in [2.24, 2.45) is 0 Å². The van der Waals surface area contributed by atoms with Crippen LogP contribution in [0, 0.1) is 6.92 Å². The Bertz CT molecular complexity index is 626. The summed E-state index contributed by atoms with van der Waals surface area (Å²) in [4.78, 5) is 19.8. The molecule has 0 saturated carbocycles. The van der Waals surface area contributed by atoms with Crippen molar-refractivity contribution in [2.45, 2.75) is 33.4 Å². The van der Waals surface area contributed by atoms with Crippen LogP contribution in [-0.2, 0) is 11.3 Å². The first-order valence-corrected chi connectivity index (χ1v) is 7.13. The molecule has 0 aliphatic heterocycles. The average molecular weight is 300 g/mol. The van der Waals surface area contributed by atoms with Gasteiger partial charge in [-0.25, -0.2) is 14.8 Å². The van der Waals surface area contributed by atoms with E-state index in [1.807, 2.05) is 51.1 Å². The van der Waals surface area contributed by atoms with Crippen LogP contribution in [0.1, 0.15) is 25.1 Å². The maximum atomic E-state index is 11.4. The van der Waals surface area contributed by atoms with Crippen LogP contribution in [0.3, 0.4) is 0 Å². The summed E-state index contributed by atoms with van der Waals surface area (Å²) in [6.07, 6.45) is 1.18. The number of anilines is 2. The third-order valence-corrected chi connectivity index (χ3v) is 2.78. The number of benzene rings is 1. The van der Waals surface area contributed by atoms with Crippen LogP contribution in [0.25, 0.3) is 0 Å². The third-order valence-electron chi connectivity index (χ3n) is 2.78. The predicted octanol–water partition coefficient (Wildman–Crippen LogP) is 3.16. The molecule has 6 heteroatoms. The standard InChI is InChI=1S/C16H20N4O2/c1-11(2)22-16(21)18-10-13-4-6-14(7-5-13)20-15-17-9-8-12(3)19-15/h4-9,11H,10H2,1-3H3,(H,18,21)(H,17,19,20). The smallest absolute Gasteiger partial charge is 0.407 e. The zero-order chi connectivity index (χ0) is 15.9. The van der Waals surface area contributed by atoms with Crippen molar-refractivity contribution in [3.05, 3.63) is 47.8 Å². The molecule has 1 heterocycles. The summed E-state index contributed by atoms with van der Waals surface area (Å²) in [7, 11) is 0. The Morgan fingerprint density at radius 1 is 1.23 bits per heavy atom. The Labute approximate surface area is 129 Å². The number of carbonyl (C=O) groups is 1. The first-order valence-electron chi connectivity index (χ1n) is 7.13. The van der Waals surface area contributed by atoms with Gasteiger partial charge < -0.3 is 15.4 Å². The lowest BCUT2D eigenvalue weighted by Crippen LogP contribution is -2.26. The second-order valence-electron chi connectivity index (χ2n) is 5.15. The lowest BCUT2D eigenvalue weighted by atomic mass is 10.2. The Kier molecular flexibility index (Phi) is 5.30. The van der Waals surface area contributed by atoms with Crippen molar-refractivity contribution >= 4 is 17.7 Å². The lowest BCUT2D eigenvalue weighted by molar-refractivity contribution is 0.115. The van der Waals surface area contributed by atoms with Gasteiger partial charge in [-0.2, -0.15) is 0 Å². The van der Waals surface area contributed by atoms with Crippen LogP contribution >= 0.6 is 0 Å². The van der Waals surface area contributed by atoms with Crippen molar-refractivity contribution in [3.63, 3.8) is 0 Å². The number of amides is 1. The van der Waals surface area contributed by atoms with E-state index in [1.54, 1.807) is 6.20 Å². The Morgan fingerprint density at radius 3 is 2.59 bits per heavy atom. The number of carbonyl (C=O) groups excluding carboxylic acids is 1. The summed E-state index contributed by atoms with van der Waals surface area (Å²) in [6.45, 7) is 5.96. The van der Waals surface area contributed by atoms with Crippen molar-refractivity contribution in [2.75, 3.05) is 5.32 Å². The number of alkyl carbamates (subject to hydrolysis) is 1. The second-order valence-corrected chi connectivity index (χ2v) is 5.15. The van der Waals surface area contributed by atoms with Gasteiger partial charge in [-0.3, -0.25) is 0 Å². The van der Waals surface area contributed by atoms with Gasteiger partial charge in [0.25, 0.3) is 0 Å². The summed E-state index contributed by atoms with van der Waals surface area (Å²) in [5.41, 5.74) is 2.78. The molecule has 2 N–H and O–H groups in total. The van der Waals surface area contributed by atoms with E-state index in [0.717, 1.165) is 16.9 Å². The largest absolute Gasteiger partial charge is 0.447 e. The van der Waals surface area contributed by atoms with Gasteiger partial charge in [0.05, 0.1) is 6.10 Å². The molecule has 0 aliphatic carbocycles. The van der Waals surface area contributed by atoms with E-state index in [-0.39, 0.29) is 6.10 Å². The van der Waals surface area contributed by atoms with Gasteiger partial charge in [-0.05, 0) is 44.5 Å². The molecule has 0 radical (unpaired) electrons. The minimum Gasteiger partial charge on any atom is -0.447 e. The number of ether oxygens (including phenoxy) is 1. The maximum absolute atomic E-state index is 11.4. The highest BCUT2D eigenvalue weighted by atomic mass is 16.6. The SMILES string of the molecule is Cc1ccnc(Nc2ccc(CNC(=O)OC(C)C)cc2)n1. The van der Waals surface area contributed by atoms with E-state index in [4.69, 9.17) is 4.74 Å². The number of hydrogen-bond acceptors (Lipinski definition) is 5. The summed E-state index contributed by atoms with van der Waals surface area (Å²) >= 11 is 0.